The Morgan fingerprint density at radius 3 is 2.31 bits per heavy atom. The van der Waals surface area contributed by atoms with E-state index in [1.807, 2.05) is 13.0 Å². The summed E-state index contributed by atoms with van der Waals surface area (Å²) in [6.45, 7) is 13.6. The van der Waals surface area contributed by atoms with E-state index in [0.717, 1.165) is 12.0 Å². The van der Waals surface area contributed by atoms with Gasteiger partial charge in [-0.25, -0.2) is 4.79 Å². The maximum absolute atomic E-state index is 10.8. The number of allylic oxidation sites excluding steroid dienone is 3. The van der Waals surface area contributed by atoms with Crippen molar-refractivity contribution in [3.8, 4) is 0 Å². The summed E-state index contributed by atoms with van der Waals surface area (Å²) in [4.78, 5) is 10.8. The largest absolute Gasteiger partial charge is 0.478 e. The lowest BCUT2D eigenvalue weighted by Gasteiger charge is -2.42. The Balaban J connectivity index is 1.88. The van der Waals surface area contributed by atoms with E-state index in [1.54, 1.807) is 0 Å². The molecular formula is C24H32O2. The summed E-state index contributed by atoms with van der Waals surface area (Å²) in [5.74, 6) is -0.400. The molecule has 140 valence electrons. The van der Waals surface area contributed by atoms with E-state index in [9.17, 15) is 4.79 Å². The molecule has 2 aliphatic carbocycles. The third kappa shape index (κ3) is 3.39. The van der Waals surface area contributed by atoms with Gasteiger partial charge in [0.2, 0.25) is 0 Å². The molecule has 1 aromatic carbocycles. The Kier molecular flexibility index (Phi) is 4.45. The summed E-state index contributed by atoms with van der Waals surface area (Å²) in [5.41, 5.74) is 5.91. The molecule has 0 amide bonds. The second-order valence-electron chi connectivity index (χ2n) is 9.84. The molecule has 3 rings (SSSR count). The van der Waals surface area contributed by atoms with Gasteiger partial charge in [-0.1, -0.05) is 65.0 Å². The first kappa shape index (κ1) is 18.9. The van der Waals surface area contributed by atoms with E-state index in [4.69, 9.17) is 5.11 Å². The van der Waals surface area contributed by atoms with Gasteiger partial charge in [-0.05, 0) is 70.6 Å². The Bertz CT molecular complexity index is 794. The second kappa shape index (κ2) is 6.11. The van der Waals surface area contributed by atoms with Crippen LogP contribution < -0.4 is 0 Å². The van der Waals surface area contributed by atoms with Crippen LogP contribution in [0.4, 0.5) is 0 Å². The summed E-state index contributed by atoms with van der Waals surface area (Å²) in [7, 11) is 0. The number of hydrogen-bond acceptors (Lipinski definition) is 1. The van der Waals surface area contributed by atoms with Gasteiger partial charge in [0.1, 0.15) is 0 Å². The summed E-state index contributed by atoms with van der Waals surface area (Å²) in [6.07, 6.45) is 9.00. The van der Waals surface area contributed by atoms with Crippen molar-refractivity contribution in [2.75, 3.05) is 0 Å². The molecule has 0 heterocycles. The van der Waals surface area contributed by atoms with E-state index in [-0.39, 0.29) is 16.2 Å². The molecule has 1 saturated carbocycles. The molecule has 2 nitrogen and oxygen atoms in total. The molecule has 1 fully saturated rings. The van der Waals surface area contributed by atoms with Crippen LogP contribution in [-0.2, 0) is 21.0 Å². The quantitative estimate of drug-likeness (QED) is 0.541. The van der Waals surface area contributed by atoms with E-state index >= 15 is 0 Å². The van der Waals surface area contributed by atoms with Gasteiger partial charge in [0.05, 0.1) is 0 Å². The molecule has 1 aromatic rings. The predicted molar refractivity (Wildman–Crippen MR) is 108 cm³/mol. The van der Waals surface area contributed by atoms with Crippen molar-refractivity contribution in [2.45, 2.75) is 77.0 Å². The first-order valence-corrected chi connectivity index (χ1v) is 9.71. The molecule has 2 atom stereocenters. The zero-order valence-corrected chi connectivity index (χ0v) is 17.0. The average molecular weight is 353 g/mol. The molecule has 1 N–H and O–H groups in total. The fourth-order valence-electron chi connectivity index (χ4n) is 4.46. The topological polar surface area (TPSA) is 37.3 Å². The highest BCUT2D eigenvalue weighted by molar-refractivity contribution is 5.81. The minimum Gasteiger partial charge on any atom is -0.478 e. The second-order valence-corrected chi connectivity index (χ2v) is 9.84. The van der Waals surface area contributed by atoms with Crippen LogP contribution in [0.15, 0.2) is 42.0 Å². The van der Waals surface area contributed by atoms with Crippen LogP contribution >= 0.6 is 0 Å². The molecule has 0 spiro atoms. The van der Waals surface area contributed by atoms with Crippen molar-refractivity contribution in [1.29, 1.82) is 0 Å². The highest BCUT2D eigenvalue weighted by Crippen LogP contribution is 2.56. The highest BCUT2D eigenvalue weighted by Gasteiger charge is 2.50. The normalized spacial score (nSPS) is 29.5. The van der Waals surface area contributed by atoms with Crippen molar-refractivity contribution < 1.29 is 9.90 Å². The van der Waals surface area contributed by atoms with Crippen molar-refractivity contribution >= 4 is 5.97 Å². The van der Waals surface area contributed by atoms with Crippen LogP contribution in [0.3, 0.4) is 0 Å². The van der Waals surface area contributed by atoms with Gasteiger partial charge in [-0.2, -0.15) is 0 Å². The Hall–Kier alpha value is -1.83. The minimum atomic E-state index is -0.884. The first-order valence-electron chi connectivity index (χ1n) is 9.71. The smallest absolute Gasteiger partial charge is 0.328 e. The first-order chi connectivity index (χ1) is 12.0. The Labute approximate surface area is 158 Å². The number of carboxylic acid groups (broad SMARTS) is 1. The van der Waals surface area contributed by atoms with Gasteiger partial charge in [0.15, 0.2) is 0 Å². The SMILES string of the molecule is CC(=C/C(=O)O)/C=C/[C@@H]1C[C@]1(C)c1ccc2c(c1)C(C)(C)CCC2(C)C. The summed E-state index contributed by atoms with van der Waals surface area (Å²) in [5, 5.41) is 8.84. The van der Waals surface area contributed by atoms with Crippen LogP contribution in [0.2, 0.25) is 0 Å². The Morgan fingerprint density at radius 1 is 1.08 bits per heavy atom. The molecule has 0 radical (unpaired) electrons. The van der Waals surface area contributed by atoms with Gasteiger partial charge < -0.3 is 5.11 Å². The van der Waals surface area contributed by atoms with Crippen LogP contribution in [0.1, 0.15) is 77.5 Å². The van der Waals surface area contributed by atoms with Crippen LogP contribution in [0.25, 0.3) is 0 Å². The average Bonchev–Trinajstić information content (AvgIpc) is 3.21. The summed E-state index contributed by atoms with van der Waals surface area (Å²) in [6, 6.07) is 7.16. The fourth-order valence-corrected chi connectivity index (χ4v) is 4.46. The highest BCUT2D eigenvalue weighted by atomic mass is 16.4. The third-order valence-electron chi connectivity index (χ3n) is 6.76. The van der Waals surface area contributed by atoms with Crippen molar-refractivity contribution in [3.05, 3.63) is 58.7 Å². The number of fused-ring (bicyclic) bond motifs is 1. The van der Waals surface area contributed by atoms with Crippen LogP contribution in [0, 0.1) is 5.92 Å². The van der Waals surface area contributed by atoms with Crippen molar-refractivity contribution in [1.82, 2.24) is 0 Å². The van der Waals surface area contributed by atoms with Gasteiger partial charge in [-0.15, -0.1) is 0 Å². The van der Waals surface area contributed by atoms with Gasteiger partial charge in [0, 0.05) is 6.08 Å². The molecular weight excluding hydrogens is 320 g/mol. The number of rotatable bonds is 4. The monoisotopic (exact) mass is 352 g/mol. The lowest BCUT2D eigenvalue weighted by atomic mass is 9.62. The molecule has 2 aliphatic rings. The maximum Gasteiger partial charge on any atom is 0.328 e. The third-order valence-corrected chi connectivity index (χ3v) is 6.76. The molecule has 0 unspecified atom stereocenters. The van der Waals surface area contributed by atoms with Gasteiger partial charge >= 0.3 is 5.97 Å². The van der Waals surface area contributed by atoms with E-state index in [1.165, 1.54) is 35.6 Å². The van der Waals surface area contributed by atoms with E-state index in [0.29, 0.717) is 5.92 Å². The summed E-state index contributed by atoms with van der Waals surface area (Å²) < 4.78 is 0. The van der Waals surface area contributed by atoms with E-state index < -0.39 is 5.97 Å². The lowest BCUT2D eigenvalue weighted by molar-refractivity contribution is -0.131. The molecule has 0 aliphatic heterocycles. The predicted octanol–water partition coefficient (Wildman–Crippen LogP) is 5.90. The zero-order valence-electron chi connectivity index (χ0n) is 17.0. The van der Waals surface area contributed by atoms with Crippen molar-refractivity contribution in [2.24, 2.45) is 5.92 Å². The number of hydrogen-bond donors (Lipinski definition) is 1. The number of carboxylic acids is 1. The number of carbonyl (C=O) groups is 1. The van der Waals surface area contributed by atoms with Crippen LogP contribution in [-0.4, -0.2) is 11.1 Å². The van der Waals surface area contributed by atoms with Gasteiger partial charge in [-0.3, -0.25) is 0 Å². The minimum absolute atomic E-state index is 0.173. The number of benzene rings is 1. The standard InChI is InChI=1S/C24H32O2/c1-16(13-21(25)26)7-8-18-15-24(18,6)17-9-10-19-20(14-17)23(4,5)12-11-22(19,2)3/h7-10,13-14,18H,11-12,15H2,1-6H3,(H,25,26)/b8-7+,16-13-/t18-,24-/m1/s1. The molecule has 0 saturated heterocycles. The van der Waals surface area contributed by atoms with Crippen molar-refractivity contribution in [3.63, 3.8) is 0 Å². The fraction of sp³-hybridized carbons (Fsp3) is 0.542. The van der Waals surface area contributed by atoms with Crippen LogP contribution in [0.5, 0.6) is 0 Å². The molecule has 2 heteroatoms. The zero-order chi connectivity index (χ0) is 19.3. The number of aliphatic carboxylic acids is 1. The molecule has 0 bridgehead atoms. The lowest BCUT2D eigenvalue weighted by Crippen LogP contribution is -2.34. The van der Waals surface area contributed by atoms with Gasteiger partial charge in [0.25, 0.3) is 0 Å². The maximum atomic E-state index is 10.8. The molecule has 0 aromatic heterocycles. The van der Waals surface area contributed by atoms with E-state index in [2.05, 4.69) is 58.9 Å². The summed E-state index contributed by atoms with van der Waals surface area (Å²) >= 11 is 0. The Morgan fingerprint density at radius 2 is 1.69 bits per heavy atom. The molecule has 26 heavy (non-hydrogen) atoms.